The molecule has 102 valence electrons. The first-order chi connectivity index (χ1) is 9.54. The third-order valence-electron chi connectivity index (χ3n) is 3.30. The number of phenols is 2. The smallest absolute Gasteiger partial charge is 0.351 e. The Morgan fingerprint density at radius 1 is 1.00 bits per heavy atom. The van der Waals surface area contributed by atoms with E-state index in [9.17, 15) is 20.4 Å². The summed E-state index contributed by atoms with van der Waals surface area (Å²) in [6, 6.07) is 4.36. The van der Waals surface area contributed by atoms with Crippen molar-refractivity contribution in [2.75, 3.05) is 0 Å². The van der Waals surface area contributed by atoms with Crippen LogP contribution in [-0.2, 0) is 0 Å². The zero-order chi connectivity index (χ0) is 14.3. The number of phenolic OH excluding ortho intramolecular Hbond substituents is 2. The predicted molar refractivity (Wildman–Crippen MR) is 71.9 cm³/mol. The van der Waals surface area contributed by atoms with Gasteiger partial charge in [-0.2, -0.15) is 0 Å². The number of carbonyl (C=O) groups excluding carboxylic acids is 1. The van der Waals surface area contributed by atoms with Gasteiger partial charge in [0, 0.05) is 18.2 Å². The number of rotatable bonds is 1. The zero-order valence-corrected chi connectivity index (χ0v) is 10.4. The van der Waals surface area contributed by atoms with Gasteiger partial charge in [-0.05, 0) is 12.1 Å². The molecule has 3 rings (SSSR count). The first-order valence-electron chi connectivity index (χ1n) is 6.10. The lowest BCUT2D eigenvalue weighted by atomic mass is 9.91. The summed E-state index contributed by atoms with van der Waals surface area (Å²) >= 11 is 0. The fourth-order valence-corrected chi connectivity index (χ4v) is 2.27. The van der Waals surface area contributed by atoms with E-state index in [1.807, 2.05) is 0 Å². The van der Waals surface area contributed by atoms with E-state index in [0.29, 0.717) is 11.3 Å². The monoisotopic (exact) mass is 273 g/mol. The first kappa shape index (κ1) is 12.3. The molecule has 1 aliphatic carbocycles. The molecule has 1 aliphatic heterocycles. The van der Waals surface area contributed by atoms with Crippen LogP contribution in [0.2, 0.25) is 0 Å². The van der Waals surface area contributed by atoms with Crippen LogP contribution >= 0.6 is 0 Å². The van der Waals surface area contributed by atoms with Crippen LogP contribution in [0.25, 0.3) is 0 Å². The summed E-state index contributed by atoms with van der Waals surface area (Å²) in [6.45, 7) is 0. The highest BCUT2D eigenvalue weighted by molar-refractivity contribution is 6.05. The molecular formula is C15H13O5+. The van der Waals surface area contributed by atoms with Crippen molar-refractivity contribution in [3.05, 3.63) is 59.6 Å². The maximum absolute atomic E-state index is 9.76. The Morgan fingerprint density at radius 2 is 1.80 bits per heavy atom. The van der Waals surface area contributed by atoms with Crippen LogP contribution in [0, 0.1) is 5.92 Å². The highest BCUT2D eigenvalue weighted by Gasteiger charge is 2.37. The van der Waals surface area contributed by atoms with Crippen LogP contribution in [0.3, 0.4) is 0 Å². The molecule has 0 saturated carbocycles. The van der Waals surface area contributed by atoms with E-state index in [0.717, 1.165) is 0 Å². The van der Waals surface area contributed by atoms with Crippen LogP contribution in [0.4, 0.5) is 0 Å². The zero-order valence-electron chi connectivity index (χ0n) is 10.4. The van der Waals surface area contributed by atoms with Gasteiger partial charge in [-0.3, -0.25) is 0 Å². The van der Waals surface area contributed by atoms with E-state index in [1.165, 1.54) is 24.3 Å². The molecule has 0 spiro atoms. The van der Waals surface area contributed by atoms with Gasteiger partial charge in [-0.1, -0.05) is 6.08 Å². The van der Waals surface area contributed by atoms with Gasteiger partial charge in [0.1, 0.15) is 17.4 Å². The molecule has 0 fully saturated rings. The van der Waals surface area contributed by atoms with Gasteiger partial charge in [-0.25, -0.2) is 4.42 Å². The summed E-state index contributed by atoms with van der Waals surface area (Å²) in [5, 5.41) is 38.1. The normalized spacial score (nSPS) is 24.5. The molecule has 1 heterocycles. The summed E-state index contributed by atoms with van der Waals surface area (Å²) in [6.07, 6.45) is 5.74. The minimum Gasteiger partial charge on any atom is -0.511 e. The molecule has 0 radical (unpaired) electrons. The Balaban J connectivity index is 1.97. The topological polar surface area (TPSA) is 92.2 Å². The summed E-state index contributed by atoms with van der Waals surface area (Å²) in [5.41, 5.74) is 0.594. The first-order valence-corrected chi connectivity index (χ1v) is 6.10. The van der Waals surface area contributed by atoms with E-state index in [2.05, 4.69) is 0 Å². The fraction of sp³-hybridized carbons (Fsp3) is 0.133. The molecule has 5 heteroatoms. The van der Waals surface area contributed by atoms with Crippen molar-refractivity contribution in [3.8, 4) is 11.5 Å². The number of aliphatic hydroxyl groups excluding tert-OH is 2. The van der Waals surface area contributed by atoms with Gasteiger partial charge >= 0.3 is 11.9 Å². The van der Waals surface area contributed by atoms with Crippen molar-refractivity contribution in [2.24, 2.45) is 5.92 Å². The molecule has 4 N–H and O–H groups in total. The number of aliphatic hydroxyl groups is 2. The molecule has 0 saturated heterocycles. The van der Waals surface area contributed by atoms with Gasteiger partial charge in [0.2, 0.25) is 0 Å². The SMILES string of the molecule is OC1=CC2[O+]=C(c3ccc(O)c(O)c3)C=CC2C(O)=C1. The Kier molecular flexibility index (Phi) is 2.75. The number of benzene rings is 1. The third kappa shape index (κ3) is 2.03. The molecule has 0 aromatic heterocycles. The molecular weight excluding hydrogens is 260 g/mol. The molecule has 20 heavy (non-hydrogen) atoms. The highest BCUT2D eigenvalue weighted by Crippen LogP contribution is 2.30. The summed E-state index contributed by atoms with van der Waals surface area (Å²) < 4.78 is 5.71. The number of aromatic hydroxyl groups is 2. The Morgan fingerprint density at radius 3 is 2.55 bits per heavy atom. The second-order valence-electron chi connectivity index (χ2n) is 4.70. The van der Waals surface area contributed by atoms with Crippen molar-refractivity contribution >= 4 is 5.78 Å². The second-order valence-corrected chi connectivity index (χ2v) is 4.70. The minimum absolute atomic E-state index is 0.0406. The van der Waals surface area contributed by atoms with Gasteiger partial charge in [0.15, 0.2) is 11.5 Å². The quantitative estimate of drug-likeness (QED) is 0.466. The van der Waals surface area contributed by atoms with Crippen LogP contribution in [0.1, 0.15) is 9.99 Å². The lowest BCUT2D eigenvalue weighted by Gasteiger charge is -2.17. The molecule has 2 unspecified atom stereocenters. The number of hydrogen-bond acceptors (Lipinski definition) is 4. The lowest BCUT2D eigenvalue weighted by Crippen LogP contribution is -2.26. The van der Waals surface area contributed by atoms with Gasteiger partial charge in [-0.15, -0.1) is 0 Å². The molecule has 2 aliphatic rings. The number of allylic oxidation sites excluding steroid dienone is 2. The van der Waals surface area contributed by atoms with E-state index < -0.39 is 6.10 Å². The van der Waals surface area contributed by atoms with Gasteiger partial charge < -0.3 is 20.4 Å². The van der Waals surface area contributed by atoms with Crippen molar-refractivity contribution < 1.29 is 24.9 Å². The summed E-state index contributed by atoms with van der Waals surface area (Å²) in [5.74, 6) is -0.298. The Bertz CT molecular complexity index is 682. The fourth-order valence-electron chi connectivity index (χ4n) is 2.27. The Hall–Kier alpha value is -2.69. The molecule has 1 aromatic carbocycles. The summed E-state index contributed by atoms with van der Waals surface area (Å²) in [7, 11) is 0. The van der Waals surface area contributed by atoms with Crippen molar-refractivity contribution in [3.63, 3.8) is 0 Å². The van der Waals surface area contributed by atoms with Crippen molar-refractivity contribution in [1.29, 1.82) is 0 Å². The minimum atomic E-state index is -0.504. The van der Waals surface area contributed by atoms with Crippen LogP contribution in [-0.4, -0.2) is 32.3 Å². The van der Waals surface area contributed by atoms with E-state index in [1.54, 1.807) is 18.2 Å². The molecule has 0 amide bonds. The number of hydrogen-bond donors (Lipinski definition) is 4. The second kappa shape index (κ2) is 4.45. The average Bonchev–Trinajstić information content (AvgIpc) is 2.41. The number of fused-ring (bicyclic) bond motifs is 1. The predicted octanol–water partition coefficient (Wildman–Crippen LogP) is 2.27. The lowest BCUT2D eigenvalue weighted by molar-refractivity contribution is -0.320. The van der Waals surface area contributed by atoms with Crippen LogP contribution in [0.15, 0.2) is 54.0 Å². The van der Waals surface area contributed by atoms with Crippen LogP contribution < -0.4 is 0 Å². The van der Waals surface area contributed by atoms with E-state index in [4.69, 9.17) is 4.42 Å². The van der Waals surface area contributed by atoms with Crippen molar-refractivity contribution in [2.45, 2.75) is 6.10 Å². The molecule has 0 bridgehead atoms. The third-order valence-corrected chi connectivity index (χ3v) is 3.30. The van der Waals surface area contributed by atoms with Crippen LogP contribution in [0.5, 0.6) is 11.5 Å². The van der Waals surface area contributed by atoms with Gasteiger partial charge in [0.25, 0.3) is 0 Å². The molecule has 2 atom stereocenters. The highest BCUT2D eigenvalue weighted by atomic mass is 16.4. The van der Waals surface area contributed by atoms with E-state index >= 15 is 0 Å². The molecule has 5 nitrogen and oxygen atoms in total. The summed E-state index contributed by atoms with van der Waals surface area (Å²) in [4.78, 5) is 0. The molecule has 1 aromatic rings. The van der Waals surface area contributed by atoms with Gasteiger partial charge in [0.05, 0.1) is 11.6 Å². The standard InChI is InChI=1S/C15H12O5/c16-9-6-12(18)10-2-4-14(20-15(10)7-9)8-1-3-11(17)13(19)5-8/h1-7,10,15H,(H3-,16,17,18,19)/p+1. The van der Waals surface area contributed by atoms with Crippen molar-refractivity contribution in [1.82, 2.24) is 0 Å². The maximum Gasteiger partial charge on any atom is 0.351 e. The largest absolute Gasteiger partial charge is 0.511 e. The average molecular weight is 273 g/mol. The maximum atomic E-state index is 9.76. The van der Waals surface area contributed by atoms with E-state index in [-0.39, 0.29) is 28.9 Å². The number of ketones is 1. The Labute approximate surface area is 114 Å².